The zero-order valence-corrected chi connectivity index (χ0v) is 12.5. The van der Waals surface area contributed by atoms with Crippen LogP contribution in [0.5, 0.6) is 0 Å². The normalized spacial score (nSPS) is 11.3. The summed E-state index contributed by atoms with van der Waals surface area (Å²) in [5.74, 6) is 0.330. The highest BCUT2D eigenvalue weighted by Crippen LogP contribution is 2.31. The molecule has 2 aromatic heterocycles. The lowest BCUT2D eigenvalue weighted by Crippen LogP contribution is -2.05. The molecule has 3 aromatic rings. The first kappa shape index (κ1) is 14.3. The first-order valence-electron chi connectivity index (χ1n) is 6.52. The van der Waals surface area contributed by atoms with Crippen molar-refractivity contribution in [2.75, 3.05) is 12.4 Å². The fourth-order valence-corrected chi connectivity index (χ4v) is 3.31. The molecular formula is C15H13N3O3S. The minimum atomic E-state index is -3.75. The van der Waals surface area contributed by atoms with E-state index >= 15 is 0 Å². The molecule has 2 heterocycles. The van der Waals surface area contributed by atoms with E-state index in [0.717, 1.165) is 0 Å². The molecule has 112 valence electrons. The monoisotopic (exact) mass is 315 g/mol. The van der Waals surface area contributed by atoms with Crippen LogP contribution in [-0.2, 0) is 9.84 Å². The summed E-state index contributed by atoms with van der Waals surface area (Å²) in [4.78, 5) is 8.24. The van der Waals surface area contributed by atoms with Crippen molar-refractivity contribution in [1.82, 2.24) is 9.97 Å². The summed E-state index contributed by atoms with van der Waals surface area (Å²) in [5.41, 5.74) is 0.654. The second-order valence-corrected chi connectivity index (χ2v) is 6.32. The van der Waals surface area contributed by atoms with Gasteiger partial charge in [0, 0.05) is 25.0 Å². The van der Waals surface area contributed by atoms with Gasteiger partial charge in [0.25, 0.3) is 0 Å². The Labute approximate surface area is 127 Å². The molecule has 0 saturated heterocycles. The predicted molar refractivity (Wildman–Crippen MR) is 81.2 cm³/mol. The van der Waals surface area contributed by atoms with Crippen LogP contribution in [0.2, 0.25) is 0 Å². The average Bonchev–Trinajstić information content (AvgIpc) is 3.02. The molecule has 1 aromatic carbocycles. The summed E-state index contributed by atoms with van der Waals surface area (Å²) in [7, 11) is -2.17. The van der Waals surface area contributed by atoms with E-state index in [1.54, 1.807) is 49.8 Å². The van der Waals surface area contributed by atoms with Crippen LogP contribution in [0.1, 0.15) is 0 Å². The first-order chi connectivity index (χ1) is 10.6. The third-order valence-corrected chi connectivity index (χ3v) is 4.74. The molecule has 0 aliphatic rings. The Morgan fingerprint density at radius 2 is 1.73 bits per heavy atom. The maximum Gasteiger partial charge on any atom is 0.233 e. The highest BCUT2D eigenvalue weighted by molar-refractivity contribution is 7.91. The zero-order valence-electron chi connectivity index (χ0n) is 11.7. The molecule has 22 heavy (non-hydrogen) atoms. The summed E-state index contributed by atoms with van der Waals surface area (Å²) >= 11 is 0. The van der Waals surface area contributed by atoms with Gasteiger partial charge in [0.05, 0.1) is 4.90 Å². The van der Waals surface area contributed by atoms with Crippen LogP contribution in [0.4, 0.5) is 5.88 Å². The van der Waals surface area contributed by atoms with E-state index in [0.29, 0.717) is 5.56 Å². The molecule has 1 N–H and O–H groups in total. The van der Waals surface area contributed by atoms with Crippen molar-refractivity contribution in [3.05, 3.63) is 54.9 Å². The van der Waals surface area contributed by atoms with Crippen LogP contribution < -0.4 is 5.32 Å². The Kier molecular flexibility index (Phi) is 3.64. The molecule has 0 unspecified atom stereocenters. The molecule has 0 aliphatic carbocycles. The fraction of sp³-hybridized carbons (Fsp3) is 0.0667. The minimum absolute atomic E-state index is 0.107. The zero-order chi connectivity index (χ0) is 15.6. The second kappa shape index (κ2) is 5.61. The number of sulfone groups is 1. The number of pyridine rings is 1. The molecule has 0 saturated carbocycles. The maximum absolute atomic E-state index is 12.7. The third-order valence-electron chi connectivity index (χ3n) is 3.06. The third kappa shape index (κ3) is 2.46. The predicted octanol–water partition coefficient (Wildman–Crippen LogP) is 2.61. The SMILES string of the molecule is CNc1oc(-c2ccncc2)nc1S(=O)(=O)c1ccccc1. The molecule has 6 nitrogen and oxygen atoms in total. The first-order valence-corrected chi connectivity index (χ1v) is 8.00. The Balaban J connectivity index is 2.14. The van der Waals surface area contributed by atoms with E-state index in [4.69, 9.17) is 4.42 Å². The van der Waals surface area contributed by atoms with Gasteiger partial charge >= 0.3 is 0 Å². The largest absolute Gasteiger partial charge is 0.419 e. The average molecular weight is 315 g/mol. The van der Waals surface area contributed by atoms with Crippen LogP contribution in [0.25, 0.3) is 11.5 Å². The summed E-state index contributed by atoms with van der Waals surface area (Å²) in [6, 6.07) is 11.5. The number of oxazole rings is 1. The Morgan fingerprint density at radius 3 is 2.36 bits per heavy atom. The number of hydrogen-bond donors (Lipinski definition) is 1. The van der Waals surface area contributed by atoms with Crippen molar-refractivity contribution in [3.8, 4) is 11.5 Å². The van der Waals surface area contributed by atoms with Crippen LogP contribution in [0.3, 0.4) is 0 Å². The van der Waals surface area contributed by atoms with Crippen molar-refractivity contribution < 1.29 is 12.8 Å². The Bertz CT molecular complexity index is 875. The van der Waals surface area contributed by atoms with Gasteiger partial charge < -0.3 is 9.73 Å². The van der Waals surface area contributed by atoms with Gasteiger partial charge in [0.15, 0.2) is 0 Å². The van der Waals surface area contributed by atoms with Crippen molar-refractivity contribution in [3.63, 3.8) is 0 Å². The standard InChI is InChI=1S/C15H13N3O3S/c1-16-14-15(22(19,20)12-5-3-2-4-6-12)18-13(21-14)11-7-9-17-10-8-11/h2-10,16H,1H3. The summed E-state index contributed by atoms with van der Waals surface area (Å²) < 4.78 is 30.9. The van der Waals surface area contributed by atoms with E-state index in [2.05, 4.69) is 15.3 Å². The van der Waals surface area contributed by atoms with Crippen molar-refractivity contribution >= 4 is 15.7 Å². The molecule has 0 atom stereocenters. The van der Waals surface area contributed by atoms with Crippen LogP contribution in [-0.4, -0.2) is 25.4 Å². The quantitative estimate of drug-likeness (QED) is 0.796. The van der Waals surface area contributed by atoms with Gasteiger partial charge in [-0.2, -0.15) is 4.98 Å². The van der Waals surface area contributed by atoms with E-state index in [1.165, 1.54) is 12.1 Å². The van der Waals surface area contributed by atoms with Gasteiger partial charge in [-0.05, 0) is 24.3 Å². The van der Waals surface area contributed by atoms with Crippen molar-refractivity contribution in [1.29, 1.82) is 0 Å². The molecule has 0 radical (unpaired) electrons. The molecule has 0 spiro atoms. The van der Waals surface area contributed by atoms with E-state index in [9.17, 15) is 8.42 Å². The summed E-state index contributed by atoms with van der Waals surface area (Å²) in [5, 5.41) is 2.61. The molecule has 0 aliphatic heterocycles. The lowest BCUT2D eigenvalue weighted by molar-refractivity contribution is 0.580. The molecular weight excluding hydrogens is 302 g/mol. The highest BCUT2D eigenvalue weighted by atomic mass is 32.2. The smallest absolute Gasteiger partial charge is 0.233 e. The van der Waals surface area contributed by atoms with Crippen molar-refractivity contribution in [2.24, 2.45) is 0 Å². The minimum Gasteiger partial charge on any atom is -0.419 e. The number of hydrogen-bond acceptors (Lipinski definition) is 6. The molecule has 0 bridgehead atoms. The Morgan fingerprint density at radius 1 is 1.05 bits per heavy atom. The summed E-state index contributed by atoms with van der Waals surface area (Å²) in [6.07, 6.45) is 3.17. The van der Waals surface area contributed by atoms with Crippen LogP contribution >= 0.6 is 0 Å². The number of rotatable bonds is 4. The van der Waals surface area contributed by atoms with Crippen LogP contribution in [0.15, 0.2) is 69.2 Å². The number of nitrogens with one attached hydrogen (secondary N) is 1. The van der Waals surface area contributed by atoms with Crippen molar-refractivity contribution in [2.45, 2.75) is 9.92 Å². The highest BCUT2D eigenvalue weighted by Gasteiger charge is 2.27. The number of nitrogens with zero attached hydrogens (tertiary/aromatic N) is 2. The molecule has 3 rings (SSSR count). The summed E-state index contributed by atoms with van der Waals surface area (Å²) in [6.45, 7) is 0. The van der Waals surface area contributed by atoms with Gasteiger partial charge in [-0.1, -0.05) is 18.2 Å². The topological polar surface area (TPSA) is 85.1 Å². The van der Waals surface area contributed by atoms with Gasteiger partial charge in [-0.3, -0.25) is 4.98 Å². The van der Waals surface area contributed by atoms with Gasteiger partial charge in [-0.15, -0.1) is 0 Å². The Hall–Kier alpha value is -2.67. The van der Waals surface area contributed by atoms with Gasteiger partial charge in [0.2, 0.25) is 26.6 Å². The lowest BCUT2D eigenvalue weighted by Gasteiger charge is -2.02. The lowest BCUT2D eigenvalue weighted by atomic mass is 10.3. The van der Waals surface area contributed by atoms with E-state index < -0.39 is 9.84 Å². The molecule has 0 amide bonds. The number of benzene rings is 1. The number of aromatic nitrogens is 2. The van der Waals surface area contributed by atoms with Gasteiger partial charge in [0.1, 0.15) is 0 Å². The molecule has 0 fully saturated rings. The second-order valence-electron chi connectivity index (χ2n) is 4.46. The van der Waals surface area contributed by atoms with Crippen LogP contribution in [0, 0.1) is 0 Å². The fourth-order valence-electron chi connectivity index (χ4n) is 1.98. The van der Waals surface area contributed by atoms with Gasteiger partial charge in [-0.25, -0.2) is 8.42 Å². The van der Waals surface area contributed by atoms with E-state index in [-0.39, 0.29) is 21.7 Å². The number of anilines is 1. The molecule has 7 heteroatoms. The maximum atomic E-state index is 12.7. The van der Waals surface area contributed by atoms with E-state index in [1.807, 2.05) is 0 Å².